The van der Waals surface area contributed by atoms with Crippen LogP contribution < -0.4 is 10.1 Å². The van der Waals surface area contributed by atoms with Crippen molar-refractivity contribution in [3.05, 3.63) is 53.1 Å². The van der Waals surface area contributed by atoms with Gasteiger partial charge in [-0.1, -0.05) is 29.8 Å². The molecule has 0 heterocycles. The molecule has 120 valence electrons. The molecule has 0 fully saturated rings. The van der Waals surface area contributed by atoms with Crippen molar-refractivity contribution in [1.82, 2.24) is 0 Å². The van der Waals surface area contributed by atoms with Crippen LogP contribution in [-0.2, 0) is 9.53 Å². The Hall–Kier alpha value is -2.73. The SMILES string of the molecule is COc1cccc(C(=O)OCC(=O)Nc2ccccc2Cl)c1O. The molecule has 2 aromatic carbocycles. The van der Waals surface area contributed by atoms with E-state index in [4.69, 9.17) is 21.1 Å². The van der Waals surface area contributed by atoms with Gasteiger partial charge < -0.3 is 19.9 Å². The highest BCUT2D eigenvalue weighted by atomic mass is 35.5. The third-order valence-corrected chi connectivity index (χ3v) is 3.25. The molecule has 23 heavy (non-hydrogen) atoms. The normalized spacial score (nSPS) is 10.0. The van der Waals surface area contributed by atoms with Gasteiger partial charge in [-0.3, -0.25) is 4.79 Å². The van der Waals surface area contributed by atoms with Gasteiger partial charge in [-0.25, -0.2) is 4.79 Å². The van der Waals surface area contributed by atoms with E-state index in [1.165, 1.54) is 25.3 Å². The second-order valence-corrected chi connectivity index (χ2v) is 4.87. The van der Waals surface area contributed by atoms with Crippen molar-refractivity contribution in [3.8, 4) is 11.5 Å². The Morgan fingerprint density at radius 2 is 1.91 bits per heavy atom. The quantitative estimate of drug-likeness (QED) is 0.821. The Balaban J connectivity index is 1.97. The Labute approximate surface area is 137 Å². The summed E-state index contributed by atoms with van der Waals surface area (Å²) in [5.74, 6) is -1.59. The fourth-order valence-electron chi connectivity index (χ4n) is 1.81. The topological polar surface area (TPSA) is 84.9 Å². The molecule has 2 rings (SSSR count). The Morgan fingerprint density at radius 3 is 2.61 bits per heavy atom. The number of benzene rings is 2. The average molecular weight is 336 g/mol. The molecule has 0 atom stereocenters. The van der Waals surface area contributed by atoms with Crippen LogP contribution in [0.4, 0.5) is 5.69 Å². The summed E-state index contributed by atoms with van der Waals surface area (Å²) in [7, 11) is 1.36. The number of aromatic hydroxyl groups is 1. The second-order valence-electron chi connectivity index (χ2n) is 4.46. The highest BCUT2D eigenvalue weighted by molar-refractivity contribution is 6.33. The minimum atomic E-state index is -0.837. The summed E-state index contributed by atoms with van der Waals surface area (Å²) < 4.78 is 9.77. The molecule has 0 bridgehead atoms. The lowest BCUT2D eigenvalue weighted by Crippen LogP contribution is -2.21. The molecule has 6 nitrogen and oxygen atoms in total. The largest absolute Gasteiger partial charge is 0.504 e. The molecule has 0 aliphatic rings. The lowest BCUT2D eigenvalue weighted by atomic mass is 10.2. The number of anilines is 1. The van der Waals surface area contributed by atoms with Crippen LogP contribution in [0.15, 0.2) is 42.5 Å². The Kier molecular flexibility index (Phi) is 5.43. The summed E-state index contributed by atoms with van der Waals surface area (Å²) in [6.07, 6.45) is 0. The number of rotatable bonds is 5. The number of hydrogen-bond acceptors (Lipinski definition) is 5. The molecular formula is C16H14ClNO5. The number of nitrogens with one attached hydrogen (secondary N) is 1. The zero-order valence-electron chi connectivity index (χ0n) is 12.2. The van der Waals surface area contributed by atoms with Crippen molar-refractivity contribution in [1.29, 1.82) is 0 Å². The van der Waals surface area contributed by atoms with Gasteiger partial charge in [-0.05, 0) is 24.3 Å². The maximum Gasteiger partial charge on any atom is 0.342 e. The number of phenols is 1. The molecular weight excluding hydrogens is 322 g/mol. The predicted octanol–water partition coefficient (Wildman–Crippen LogP) is 2.85. The maximum absolute atomic E-state index is 11.9. The fourth-order valence-corrected chi connectivity index (χ4v) is 1.99. The van der Waals surface area contributed by atoms with Crippen LogP contribution in [0.1, 0.15) is 10.4 Å². The minimum absolute atomic E-state index is 0.0881. The molecule has 0 spiro atoms. The van der Waals surface area contributed by atoms with Crippen molar-refractivity contribution >= 4 is 29.2 Å². The predicted molar refractivity (Wildman–Crippen MR) is 85.0 cm³/mol. The number of phenolic OH excluding ortho intramolecular Hbond substituents is 1. The van der Waals surface area contributed by atoms with Gasteiger partial charge in [0.05, 0.1) is 17.8 Å². The molecule has 2 aromatic rings. The molecule has 0 saturated heterocycles. The zero-order valence-corrected chi connectivity index (χ0v) is 13.0. The zero-order chi connectivity index (χ0) is 16.8. The molecule has 7 heteroatoms. The summed E-state index contributed by atoms with van der Waals surface area (Å²) in [5, 5.41) is 12.7. The third-order valence-electron chi connectivity index (χ3n) is 2.92. The number of amides is 1. The Bertz CT molecular complexity index is 732. The second kappa shape index (κ2) is 7.51. The number of halogens is 1. The first kappa shape index (κ1) is 16.6. The number of esters is 1. The van der Waals surface area contributed by atoms with Gasteiger partial charge in [-0.2, -0.15) is 0 Å². The van der Waals surface area contributed by atoms with E-state index in [1.54, 1.807) is 24.3 Å². The van der Waals surface area contributed by atoms with Gasteiger partial charge in [0, 0.05) is 0 Å². The van der Waals surface area contributed by atoms with Crippen molar-refractivity contribution in [2.24, 2.45) is 0 Å². The Morgan fingerprint density at radius 1 is 1.17 bits per heavy atom. The van der Waals surface area contributed by atoms with E-state index in [0.29, 0.717) is 10.7 Å². The van der Waals surface area contributed by atoms with Gasteiger partial charge in [0.2, 0.25) is 0 Å². The number of methoxy groups -OCH3 is 1. The van der Waals surface area contributed by atoms with Crippen LogP contribution >= 0.6 is 11.6 Å². The fraction of sp³-hybridized carbons (Fsp3) is 0.125. The van der Waals surface area contributed by atoms with Crippen LogP contribution in [0.3, 0.4) is 0 Å². The van der Waals surface area contributed by atoms with E-state index < -0.39 is 18.5 Å². The van der Waals surface area contributed by atoms with Gasteiger partial charge in [0.1, 0.15) is 5.56 Å². The molecule has 0 aromatic heterocycles. The molecule has 0 saturated carbocycles. The van der Waals surface area contributed by atoms with Gasteiger partial charge in [0.15, 0.2) is 18.1 Å². The lowest BCUT2D eigenvalue weighted by Gasteiger charge is -2.10. The summed E-state index contributed by atoms with van der Waals surface area (Å²) in [6, 6.07) is 11.1. The van der Waals surface area contributed by atoms with Crippen LogP contribution in [0, 0.1) is 0 Å². The van der Waals surface area contributed by atoms with Crippen molar-refractivity contribution in [2.75, 3.05) is 19.0 Å². The number of carbonyl (C=O) groups is 2. The van der Waals surface area contributed by atoms with Crippen molar-refractivity contribution in [3.63, 3.8) is 0 Å². The minimum Gasteiger partial charge on any atom is -0.504 e. The lowest BCUT2D eigenvalue weighted by molar-refractivity contribution is -0.119. The van der Waals surface area contributed by atoms with E-state index in [1.807, 2.05) is 0 Å². The van der Waals surface area contributed by atoms with E-state index in [2.05, 4.69) is 5.32 Å². The molecule has 0 aliphatic heterocycles. The molecule has 0 unspecified atom stereocenters. The third kappa shape index (κ3) is 4.14. The smallest absolute Gasteiger partial charge is 0.342 e. The number of para-hydroxylation sites is 2. The van der Waals surface area contributed by atoms with Crippen LogP contribution in [0.5, 0.6) is 11.5 Å². The summed E-state index contributed by atoms with van der Waals surface area (Å²) in [5.41, 5.74) is 0.328. The maximum atomic E-state index is 11.9. The summed E-state index contributed by atoms with van der Waals surface area (Å²) in [4.78, 5) is 23.7. The highest BCUT2D eigenvalue weighted by Crippen LogP contribution is 2.29. The average Bonchev–Trinajstić information content (AvgIpc) is 2.55. The monoisotopic (exact) mass is 335 g/mol. The first-order valence-corrected chi connectivity index (χ1v) is 6.98. The molecule has 0 radical (unpaired) electrons. The molecule has 2 N–H and O–H groups in total. The van der Waals surface area contributed by atoms with Crippen molar-refractivity contribution < 1.29 is 24.2 Å². The van der Waals surface area contributed by atoms with Crippen molar-refractivity contribution in [2.45, 2.75) is 0 Å². The van der Waals surface area contributed by atoms with Crippen LogP contribution in [0.25, 0.3) is 0 Å². The first-order chi connectivity index (χ1) is 11.0. The first-order valence-electron chi connectivity index (χ1n) is 6.60. The summed E-state index contributed by atoms with van der Waals surface area (Å²) in [6.45, 7) is -0.513. The standard InChI is InChI=1S/C16H14ClNO5/c1-22-13-8-4-5-10(15(13)20)16(21)23-9-14(19)18-12-7-3-2-6-11(12)17/h2-8,20H,9H2,1H3,(H,18,19). The van der Waals surface area contributed by atoms with Crippen LogP contribution in [0.2, 0.25) is 5.02 Å². The molecule has 0 aliphatic carbocycles. The van der Waals surface area contributed by atoms with E-state index >= 15 is 0 Å². The molecule has 1 amide bonds. The van der Waals surface area contributed by atoms with E-state index in [9.17, 15) is 14.7 Å². The highest BCUT2D eigenvalue weighted by Gasteiger charge is 2.17. The van der Waals surface area contributed by atoms with E-state index in [0.717, 1.165) is 0 Å². The summed E-state index contributed by atoms with van der Waals surface area (Å²) >= 11 is 5.91. The van der Waals surface area contributed by atoms with Gasteiger partial charge in [0.25, 0.3) is 5.91 Å². The number of carbonyl (C=O) groups excluding carboxylic acids is 2. The van der Waals surface area contributed by atoms with Crippen LogP contribution in [-0.4, -0.2) is 30.7 Å². The van der Waals surface area contributed by atoms with Gasteiger partial charge in [-0.15, -0.1) is 0 Å². The van der Waals surface area contributed by atoms with Gasteiger partial charge >= 0.3 is 5.97 Å². The van der Waals surface area contributed by atoms with E-state index in [-0.39, 0.29) is 17.1 Å². The number of ether oxygens (including phenoxy) is 2. The number of hydrogen-bond donors (Lipinski definition) is 2.